The third kappa shape index (κ3) is 3.91. The molecule has 2 heterocycles. The Bertz CT molecular complexity index is 984. The van der Waals surface area contributed by atoms with Crippen molar-refractivity contribution in [3.05, 3.63) is 71.1 Å². The van der Waals surface area contributed by atoms with Crippen molar-refractivity contribution in [1.29, 1.82) is 0 Å². The molecule has 0 radical (unpaired) electrons. The van der Waals surface area contributed by atoms with Gasteiger partial charge in [0.25, 0.3) is 0 Å². The van der Waals surface area contributed by atoms with Crippen molar-refractivity contribution < 1.29 is 14.1 Å². The Morgan fingerprint density at radius 2 is 1.79 bits per heavy atom. The van der Waals surface area contributed by atoms with Gasteiger partial charge in [0.05, 0.1) is 17.0 Å². The lowest BCUT2D eigenvalue weighted by Gasteiger charge is -2.38. The lowest BCUT2D eigenvalue weighted by atomic mass is 9.73. The number of benzene rings is 2. The summed E-state index contributed by atoms with van der Waals surface area (Å²) in [6.07, 6.45) is 1.30. The maximum Gasteiger partial charge on any atom is 0.246 e. The number of likely N-dealkylation sites (N-methyl/N-ethyl adjacent to an activating group) is 1. The molecule has 0 saturated carbocycles. The smallest absolute Gasteiger partial charge is 0.246 e. The van der Waals surface area contributed by atoms with Gasteiger partial charge in [0.1, 0.15) is 0 Å². The highest BCUT2D eigenvalue weighted by Crippen LogP contribution is 2.37. The van der Waals surface area contributed by atoms with Crippen molar-refractivity contribution in [3.63, 3.8) is 0 Å². The average molecular weight is 412 g/mol. The van der Waals surface area contributed by atoms with E-state index in [0.29, 0.717) is 48.4 Å². The predicted octanol–water partition coefficient (Wildman–Crippen LogP) is 4.10. The number of halogens is 1. The molecule has 4 rings (SSSR count). The lowest BCUT2D eigenvalue weighted by Crippen LogP contribution is -2.48. The van der Waals surface area contributed by atoms with Crippen LogP contribution in [-0.2, 0) is 21.5 Å². The SMILES string of the molecule is CN(Cc1nc(-c2ccccc2Cl)no1)C(=O)C1(c2ccccc2)CCOCC1. The quantitative estimate of drug-likeness (QED) is 0.632. The first kappa shape index (κ1) is 19.6. The Labute approximate surface area is 174 Å². The summed E-state index contributed by atoms with van der Waals surface area (Å²) < 4.78 is 10.9. The lowest BCUT2D eigenvalue weighted by molar-refractivity contribution is -0.140. The Morgan fingerprint density at radius 3 is 2.52 bits per heavy atom. The van der Waals surface area contributed by atoms with E-state index in [1.807, 2.05) is 48.5 Å². The normalized spacial score (nSPS) is 15.8. The van der Waals surface area contributed by atoms with Crippen LogP contribution in [0.5, 0.6) is 0 Å². The molecular formula is C22H22ClN3O3. The zero-order valence-electron chi connectivity index (χ0n) is 16.2. The molecule has 1 saturated heterocycles. The highest BCUT2D eigenvalue weighted by molar-refractivity contribution is 6.33. The molecule has 1 amide bonds. The minimum absolute atomic E-state index is 0.0319. The number of amides is 1. The van der Waals surface area contributed by atoms with Gasteiger partial charge >= 0.3 is 0 Å². The van der Waals surface area contributed by atoms with E-state index < -0.39 is 5.41 Å². The molecule has 1 aromatic heterocycles. The summed E-state index contributed by atoms with van der Waals surface area (Å²) in [5, 5.41) is 4.57. The number of rotatable bonds is 5. The molecule has 0 bridgehead atoms. The highest BCUT2D eigenvalue weighted by atomic mass is 35.5. The summed E-state index contributed by atoms with van der Waals surface area (Å²) in [5.41, 5.74) is 1.12. The Kier molecular flexibility index (Phi) is 5.65. The van der Waals surface area contributed by atoms with Crippen LogP contribution in [0.1, 0.15) is 24.3 Å². The van der Waals surface area contributed by atoms with Crippen LogP contribution in [-0.4, -0.2) is 41.2 Å². The van der Waals surface area contributed by atoms with Crippen LogP contribution in [0.15, 0.2) is 59.1 Å². The van der Waals surface area contributed by atoms with Crippen molar-refractivity contribution in [2.75, 3.05) is 20.3 Å². The fourth-order valence-electron chi connectivity index (χ4n) is 3.81. The van der Waals surface area contributed by atoms with Gasteiger partial charge in [-0.05, 0) is 30.5 Å². The third-order valence-electron chi connectivity index (χ3n) is 5.38. The molecule has 7 heteroatoms. The fraction of sp³-hybridized carbons (Fsp3) is 0.318. The molecule has 0 atom stereocenters. The second kappa shape index (κ2) is 8.35. The Hall–Kier alpha value is -2.70. The topological polar surface area (TPSA) is 68.5 Å². The van der Waals surface area contributed by atoms with E-state index in [9.17, 15) is 4.79 Å². The predicted molar refractivity (Wildman–Crippen MR) is 109 cm³/mol. The van der Waals surface area contributed by atoms with Crippen LogP contribution < -0.4 is 0 Å². The zero-order valence-corrected chi connectivity index (χ0v) is 16.9. The number of carbonyl (C=O) groups excluding carboxylic acids is 1. The van der Waals surface area contributed by atoms with Gasteiger partial charge < -0.3 is 14.2 Å². The maximum atomic E-state index is 13.5. The van der Waals surface area contributed by atoms with E-state index >= 15 is 0 Å². The molecule has 29 heavy (non-hydrogen) atoms. The van der Waals surface area contributed by atoms with E-state index in [1.165, 1.54) is 0 Å². The van der Waals surface area contributed by atoms with Gasteiger partial charge in [-0.15, -0.1) is 0 Å². The first-order chi connectivity index (χ1) is 14.1. The summed E-state index contributed by atoms with van der Waals surface area (Å²) in [7, 11) is 1.77. The molecule has 0 N–H and O–H groups in total. The van der Waals surface area contributed by atoms with Gasteiger partial charge in [0, 0.05) is 25.8 Å². The number of aromatic nitrogens is 2. The van der Waals surface area contributed by atoms with Crippen LogP contribution in [0.4, 0.5) is 0 Å². The second-order valence-electron chi connectivity index (χ2n) is 7.21. The molecule has 0 unspecified atom stereocenters. The standard InChI is InChI=1S/C22H22ClN3O3/c1-26(15-19-24-20(25-29-19)17-9-5-6-10-18(17)23)21(27)22(11-13-28-14-12-22)16-7-3-2-4-8-16/h2-10H,11-15H2,1H3. The van der Waals surface area contributed by atoms with Crippen molar-refractivity contribution in [2.45, 2.75) is 24.8 Å². The number of hydrogen-bond donors (Lipinski definition) is 0. The largest absolute Gasteiger partial charge is 0.381 e. The van der Waals surface area contributed by atoms with Gasteiger partial charge in [-0.25, -0.2) is 0 Å². The molecule has 0 aliphatic carbocycles. The van der Waals surface area contributed by atoms with E-state index in [1.54, 1.807) is 18.0 Å². The van der Waals surface area contributed by atoms with Gasteiger partial charge in [0.15, 0.2) is 0 Å². The summed E-state index contributed by atoms with van der Waals surface area (Å²) in [5.74, 6) is 0.811. The van der Waals surface area contributed by atoms with Crippen molar-refractivity contribution >= 4 is 17.5 Å². The number of ether oxygens (including phenoxy) is 1. The molecule has 0 spiro atoms. The molecule has 3 aromatic rings. The van der Waals surface area contributed by atoms with Crippen LogP contribution >= 0.6 is 11.6 Å². The van der Waals surface area contributed by atoms with Crippen LogP contribution in [0.3, 0.4) is 0 Å². The summed E-state index contributed by atoms with van der Waals surface area (Å²) in [4.78, 5) is 19.6. The molecule has 6 nitrogen and oxygen atoms in total. The van der Waals surface area contributed by atoms with Crippen molar-refractivity contribution in [2.24, 2.45) is 0 Å². The molecule has 1 aliphatic rings. The fourth-order valence-corrected chi connectivity index (χ4v) is 4.03. The average Bonchev–Trinajstić information content (AvgIpc) is 3.22. The summed E-state index contributed by atoms with van der Waals surface area (Å²) in [6, 6.07) is 17.2. The van der Waals surface area contributed by atoms with Gasteiger partial charge in [-0.3, -0.25) is 4.79 Å². The number of hydrogen-bond acceptors (Lipinski definition) is 5. The third-order valence-corrected chi connectivity index (χ3v) is 5.71. The van der Waals surface area contributed by atoms with E-state index in [4.69, 9.17) is 20.9 Å². The molecule has 2 aromatic carbocycles. The minimum Gasteiger partial charge on any atom is -0.381 e. The van der Waals surface area contributed by atoms with Crippen LogP contribution in [0.2, 0.25) is 5.02 Å². The molecule has 150 valence electrons. The minimum atomic E-state index is -0.597. The van der Waals surface area contributed by atoms with Crippen molar-refractivity contribution in [3.8, 4) is 11.4 Å². The van der Waals surface area contributed by atoms with Crippen molar-refractivity contribution in [1.82, 2.24) is 15.0 Å². The van der Waals surface area contributed by atoms with E-state index in [0.717, 1.165) is 5.56 Å². The summed E-state index contributed by atoms with van der Waals surface area (Å²) in [6.45, 7) is 1.35. The zero-order chi connectivity index (χ0) is 20.3. The van der Waals surface area contributed by atoms with Gasteiger partial charge in [-0.1, -0.05) is 59.2 Å². The van der Waals surface area contributed by atoms with Gasteiger partial charge in [-0.2, -0.15) is 4.98 Å². The molecular weight excluding hydrogens is 390 g/mol. The highest BCUT2D eigenvalue weighted by Gasteiger charge is 2.43. The van der Waals surface area contributed by atoms with Gasteiger partial charge in [0.2, 0.25) is 17.6 Å². The van der Waals surface area contributed by atoms with E-state index in [2.05, 4.69) is 10.1 Å². The number of carbonyl (C=O) groups is 1. The molecule has 1 aliphatic heterocycles. The first-order valence-corrected chi connectivity index (χ1v) is 9.94. The Morgan fingerprint density at radius 1 is 1.10 bits per heavy atom. The van der Waals surface area contributed by atoms with Crippen LogP contribution in [0.25, 0.3) is 11.4 Å². The maximum absolute atomic E-state index is 13.5. The van der Waals surface area contributed by atoms with E-state index in [-0.39, 0.29) is 12.5 Å². The summed E-state index contributed by atoms with van der Waals surface area (Å²) >= 11 is 6.21. The second-order valence-corrected chi connectivity index (χ2v) is 7.62. The monoisotopic (exact) mass is 411 g/mol. The molecule has 1 fully saturated rings. The van der Waals surface area contributed by atoms with Crippen LogP contribution in [0, 0.1) is 0 Å². The Balaban J connectivity index is 1.55. The number of nitrogens with zero attached hydrogens (tertiary/aromatic N) is 3. The first-order valence-electron chi connectivity index (χ1n) is 9.56.